The molecular formula is C14H16N2O. The third-order valence-electron chi connectivity index (χ3n) is 3.12. The molecule has 0 aliphatic carbocycles. The highest BCUT2D eigenvalue weighted by Crippen LogP contribution is 2.22. The Morgan fingerprint density at radius 3 is 2.35 bits per heavy atom. The molecule has 1 saturated heterocycles. The number of terminal acetylenes is 1. The molecule has 0 unspecified atom stereocenters. The minimum absolute atomic E-state index is 0.366. The molecule has 88 valence electrons. The highest BCUT2D eigenvalue weighted by atomic mass is 16.1. The number of rotatable bonds is 2. The van der Waals surface area contributed by atoms with Crippen LogP contribution < -0.4 is 9.80 Å². The molecule has 0 spiro atoms. The van der Waals surface area contributed by atoms with Crippen molar-refractivity contribution in [3.63, 3.8) is 0 Å². The summed E-state index contributed by atoms with van der Waals surface area (Å²) in [5.41, 5.74) is 2.16. The van der Waals surface area contributed by atoms with Crippen LogP contribution in [0.4, 0.5) is 11.4 Å². The van der Waals surface area contributed by atoms with E-state index in [1.807, 2.05) is 19.2 Å². The van der Waals surface area contributed by atoms with Gasteiger partial charge in [-0.05, 0) is 24.3 Å². The molecule has 1 aliphatic rings. The van der Waals surface area contributed by atoms with Crippen molar-refractivity contribution >= 4 is 17.2 Å². The molecule has 0 N–H and O–H groups in total. The Morgan fingerprint density at radius 1 is 1.24 bits per heavy atom. The van der Waals surface area contributed by atoms with Gasteiger partial charge in [0.2, 0.25) is 0 Å². The maximum Gasteiger partial charge on any atom is 0.136 e. The Morgan fingerprint density at radius 2 is 1.82 bits per heavy atom. The summed E-state index contributed by atoms with van der Waals surface area (Å²) in [6.45, 7) is 1.65. The Bertz CT molecular complexity index is 434. The summed E-state index contributed by atoms with van der Waals surface area (Å²) in [5, 5.41) is 0. The lowest BCUT2D eigenvalue weighted by atomic mass is 10.1. The van der Waals surface area contributed by atoms with E-state index >= 15 is 0 Å². The molecule has 2 rings (SSSR count). The SMILES string of the molecule is C#CN(C)c1ccc(N2CCC(=O)CC2)cc1. The molecule has 1 fully saturated rings. The van der Waals surface area contributed by atoms with E-state index in [1.54, 1.807) is 4.90 Å². The molecule has 17 heavy (non-hydrogen) atoms. The first-order chi connectivity index (χ1) is 8.20. The monoisotopic (exact) mass is 228 g/mol. The molecule has 1 aliphatic heterocycles. The fourth-order valence-corrected chi connectivity index (χ4v) is 1.98. The van der Waals surface area contributed by atoms with Crippen LogP contribution in [0.15, 0.2) is 24.3 Å². The van der Waals surface area contributed by atoms with Gasteiger partial charge in [-0.1, -0.05) is 6.42 Å². The number of hydrogen-bond acceptors (Lipinski definition) is 3. The molecule has 0 amide bonds. The second kappa shape index (κ2) is 4.92. The van der Waals surface area contributed by atoms with Gasteiger partial charge in [0.05, 0.1) is 0 Å². The fraction of sp³-hybridized carbons (Fsp3) is 0.357. The van der Waals surface area contributed by atoms with Crippen molar-refractivity contribution in [2.24, 2.45) is 0 Å². The first-order valence-electron chi connectivity index (χ1n) is 5.77. The summed E-state index contributed by atoms with van der Waals surface area (Å²) < 4.78 is 0. The smallest absolute Gasteiger partial charge is 0.136 e. The largest absolute Gasteiger partial charge is 0.371 e. The molecular weight excluding hydrogens is 212 g/mol. The van der Waals surface area contributed by atoms with Crippen LogP contribution in [0.1, 0.15) is 12.8 Å². The second-order valence-electron chi connectivity index (χ2n) is 4.23. The molecule has 1 aromatic rings. The van der Waals surface area contributed by atoms with Crippen LogP contribution in [0.5, 0.6) is 0 Å². The van der Waals surface area contributed by atoms with Gasteiger partial charge in [-0.2, -0.15) is 0 Å². The van der Waals surface area contributed by atoms with E-state index in [1.165, 1.54) is 0 Å². The van der Waals surface area contributed by atoms with Crippen LogP contribution in [0.25, 0.3) is 0 Å². The summed E-state index contributed by atoms with van der Waals surface area (Å²) in [7, 11) is 1.86. The van der Waals surface area contributed by atoms with Crippen LogP contribution in [-0.2, 0) is 4.79 Å². The number of Topliss-reactive ketones (excluding diaryl/α,β-unsaturated/α-hetero) is 1. The van der Waals surface area contributed by atoms with Gasteiger partial charge >= 0.3 is 0 Å². The number of anilines is 2. The zero-order chi connectivity index (χ0) is 12.3. The maximum atomic E-state index is 11.2. The number of benzene rings is 1. The third-order valence-corrected chi connectivity index (χ3v) is 3.12. The van der Waals surface area contributed by atoms with Crippen LogP contribution in [-0.4, -0.2) is 25.9 Å². The van der Waals surface area contributed by atoms with Crippen LogP contribution in [0, 0.1) is 12.5 Å². The highest BCUT2D eigenvalue weighted by molar-refractivity contribution is 5.81. The van der Waals surface area contributed by atoms with Crippen LogP contribution in [0.3, 0.4) is 0 Å². The van der Waals surface area contributed by atoms with E-state index < -0.39 is 0 Å². The van der Waals surface area contributed by atoms with Crippen LogP contribution in [0.2, 0.25) is 0 Å². The van der Waals surface area contributed by atoms with Gasteiger partial charge in [-0.25, -0.2) is 0 Å². The fourth-order valence-electron chi connectivity index (χ4n) is 1.98. The summed E-state index contributed by atoms with van der Waals surface area (Å²) >= 11 is 0. The van der Waals surface area contributed by atoms with Crippen molar-refractivity contribution in [2.75, 3.05) is 29.9 Å². The molecule has 0 bridgehead atoms. The van der Waals surface area contributed by atoms with E-state index in [0.717, 1.165) is 24.5 Å². The number of carbonyl (C=O) groups excluding carboxylic acids is 1. The number of nitrogens with zero attached hydrogens (tertiary/aromatic N) is 2. The average molecular weight is 228 g/mol. The van der Waals surface area contributed by atoms with Gasteiger partial charge in [-0.3, -0.25) is 4.79 Å². The van der Waals surface area contributed by atoms with E-state index in [0.29, 0.717) is 18.6 Å². The number of carbonyl (C=O) groups is 1. The predicted octanol–water partition coefficient (Wildman–Crippen LogP) is 1.88. The second-order valence-corrected chi connectivity index (χ2v) is 4.23. The van der Waals surface area contributed by atoms with Crippen molar-refractivity contribution in [2.45, 2.75) is 12.8 Å². The molecule has 0 aromatic heterocycles. The third kappa shape index (κ3) is 2.59. The molecule has 1 heterocycles. The lowest BCUT2D eigenvalue weighted by molar-refractivity contribution is -0.119. The van der Waals surface area contributed by atoms with E-state index in [-0.39, 0.29) is 0 Å². The van der Waals surface area contributed by atoms with Gasteiger partial charge in [-0.15, -0.1) is 0 Å². The number of ketones is 1. The lowest BCUT2D eigenvalue weighted by Gasteiger charge is -2.28. The van der Waals surface area contributed by atoms with Gasteiger partial charge in [0, 0.05) is 50.4 Å². The van der Waals surface area contributed by atoms with Crippen molar-refractivity contribution in [1.82, 2.24) is 0 Å². The van der Waals surface area contributed by atoms with Crippen molar-refractivity contribution < 1.29 is 4.79 Å². The molecule has 0 saturated carbocycles. The molecule has 1 aromatic carbocycles. The first-order valence-corrected chi connectivity index (χ1v) is 5.77. The zero-order valence-electron chi connectivity index (χ0n) is 10.0. The summed E-state index contributed by atoms with van der Waals surface area (Å²) in [6, 6.07) is 10.7. The Balaban J connectivity index is 2.08. The van der Waals surface area contributed by atoms with Gasteiger partial charge in [0.15, 0.2) is 0 Å². The first kappa shape index (κ1) is 11.5. The molecule has 0 radical (unpaired) electrons. The van der Waals surface area contributed by atoms with E-state index in [9.17, 15) is 4.79 Å². The molecule has 3 heteroatoms. The average Bonchev–Trinajstić information content (AvgIpc) is 2.39. The lowest BCUT2D eigenvalue weighted by Crippen LogP contribution is -2.33. The standard InChI is InChI=1S/C14H16N2O/c1-3-15(2)12-4-6-13(7-5-12)16-10-8-14(17)9-11-16/h1,4-7H,8-11H2,2H3. The minimum Gasteiger partial charge on any atom is -0.371 e. The predicted molar refractivity (Wildman–Crippen MR) is 70.1 cm³/mol. The number of piperidine rings is 1. The van der Waals surface area contributed by atoms with Crippen LogP contribution >= 0.6 is 0 Å². The minimum atomic E-state index is 0.366. The number of hydrogen-bond donors (Lipinski definition) is 0. The Hall–Kier alpha value is -1.95. The summed E-state index contributed by atoms with van der Waals surface area (Å²) in [5.74, 6) is 0.366. The van der Waals surface area contributed by atoms with Crippen molar-refractivity contribution in [3.8, 4) is 12.5 Å². The van der Waals surface area contributed by atoms with E-state index in [2.05, 4.69) is 23.1 Å². The van der Waals surface area contributed by atoms with Crippen molar-refractivity contribution in [3.05, 3.63) is 24.3 Å². The van der Waals surface area contributed by atoms with Gasteiger partial charge in [0.25, 0.3) is 0 Å². The Labute approximate surface area is 102 Å². The normalized spacial score (nSPS) is 15.5. The Kier molecular flexibility index (Phi) is 3.34. The summed E-state index contributed by atoms with van der Waals surface area (Å²) in [6.07, 6.45) is 6.65. The van der Waals surface area contributed by atoms with Gasteiger partial charge in [0.1, 0.15) is 5.78 Å². The molecule has 3 nitrogen and oxygen atoms in total. The van der Waals surface area contributed by atoms with Crippen molar-refractivity contribution in [1.29, 1.82) is 0 Å². The quantitative estimate of drug-likeness (QED) is 0.570. The topological polar surface area (TPSA) is 23.6 Å². The van der Waals surface area contributed by atoms with Gasteiger partial charge < -0.3 is 9.80 Å². The summed E-state index contributed by atoms with van der Waals surface area (Å²) in [4.78, 5) is 15.1. The highest BCUT2D eigenvalue weighted by Gasteiger charge is 2.16. The van der Waals surface area contributed by atoms with E-state index in [4.69, 9.17) is 6.42 Å². The molecule has 0 atom stereocenters. The maximum absolute atomic E-state index is 11.2. The zero-order valence-corrected chi connectivity index (χ0v) is 10.0.